The Morgan fingerprint density at radius 1 is 0.967 bits per heavy atom. The van der Waals surface area contributed by atoms with E-state index in [0.29, 0.717) is 16.9 Å². The summed E-state index contributed by atoms with van der Waals surface area (Å²) in [6.45, 7) is 0. The van der Waals surface area contributed by atoms with E-state index >= 15 is 0 Å². The third-order valence-electron chi connectivity index (χ3n) is 5.22. The van der Waals surface area contributed by atoms with Gasteiger partial charge in [-0.3, -0.25) is 14.6 Å². The van der Waals surface area contributed by atoms with Crippen molar-refractivity contribution in [3.05, 3.63) is 82.3 Å². The summed E-state index contributed by atoms with van der Waals surface area (Å²) in [4.78, 5) is 29.1. The number of ether oxygens (including phenoxy) is 1. The number of carbonyl (C=O) groups is 1. The molecule has 0 saturated heterocycles. The van der Waals surface area contributed by atoms with Crippen molar-refractivity contribution in [2.45, 2.75) is 12.3 Å². The first-order valence-corrected chi connectivity index (χ1v) is 9.26. The second-order valence-corrected chi connectivity index (χ2v) is 7.00. The Labute approximate surface area is 169 Å². The molecule has 0 amide bonds. The largest absolute Gasteiger partial charge is 0.504 e. The number of phenols is 2. The normalized spacial score (nSPS) is 15.6. The molecule has 1 aliphatic rings. The second kappa shape index (κ2) is 6.73. The van der Waals surface area contributed by atoms with E-state index in [1.54, 1.807) is 36.7 Å². The average molecular weight is 401 g/mol. The van der Waals surface area contributed by atoms with Crippen LogP contribution in [0.4, 0.5) is 0 Å². The summed E-state index contributed by atoms with van der Waals surface area (Å²) in [6, 6.07) is 13.8. The first-order chi connectivity index (χ1) is 14.5. The zero-order valence-electron chi connectivity index (χ0n) is 15.5. The number of carbonyl (C=O) groups excluding carboxylic acids is 1. The lowest BCUT2D eigenvalue weighted by molar-refractivity contribution is -0.135. The van der Waals surface area contributed by atoms with E-state index in [2.05, 4.69) is 4.98 Å². The third-order valence-corrected chi connectivity index (χ3v) is 5.22. The molecule has 0 spiro atoms. The number of pyridine rings is 1. The van der Waals surface area contributed by atoms with Crippen molar-refractivity contribution >= 4 is 16.9 Å². The molecule has 3 heterocycles. The molecule has 2 N–H and O–H groups in total. The van der Waals surface area contributed by atoms with Gasteiger partial charge in [0.2, 0.25) is 5.75 Å². The van der Waals surface area contributed by atoms with Crippen molar-refractivity contribution < 1.29 is 24.2 Å². The van der Waals surface area contributed by atoms with Crippen molar-refractivity contribution in [2.24, 2.45) is 0 Å². The molecule has 148 valence electrons. The van der Waals surface area contributed by atoms with Crippen molar-refractivity contribution in [2.75, 3.05) is 0 Å². The van der Waals surface area contributed by atoms with Crippen LogP contribution in [0.15, 0.2) is 70.1 Å². The monoisotopic (exact) mass is 401 g/mol. The van der Waals surface area contributed by atoms with E-state index in [1.807, 2.05) is 18.2 Å². The van der Waals surface area contributed by atoms with E-state index in [9.17, 15) is 19.8 Å². The van der Waals surface area contributed by atoms with Crippen LogP contribution in [-0.4, -0.2) is 21.2 Å². The maximum absolute atomic E-state index is 12.9. The number of hydrogen-bond acceptors (Lipinski definition) is 7. The Morgan fingerprint density at radius 3 is 2.43 bits per heavy atom. The van der Waals surface area contributed by atoms with E-state index in [4.69, 9.17) is 9.15 Å². The van der Waals surface area contributed by atoms with Crippen molar-refractivity contribution in [1.29, 1.82) is 0 Å². The number of aromatic nitrogens is 1. The lowest BCUT2D eigenvalue weighted by Crippen LogP contribution is -2.22. The summed E-state index contributed by atoms with van der Waals surface area (Å²) >= 11 is 0. The van der Waals surface area contributed by atoms with Crippen molar-refractivity contribution in [3.8, 4) is 28.6 Å². The van der Waals surface area contributed by atoms with Crippen molar-refractivity contribution in [3.63, 3.8) is 0 Å². The van der Waals surface area contributed by atoms with E-state index < -0.39 is 28.8 Å². The van der Waals surface area contributed by atoms with Gasteiger partial charge in [0, 0.05) is 29.9 Å². The molecule has 0 saturated carbocycles. The summed E-state index contributed by atoms with van der Waals surface area (Å²) in [7, 11) is 0. The molecule has 0 aliphatic carbocycles. The molecule has 30 heavy (non-hydrogen) atoms. The minimum atomic E-state index is -0.680. The molecule has 1 aliphatic heterocycles. The summed E-state index contributed by atoms with van der Waals surface area (Å²) < 4.78 is 11.3. The number of esters is 1. The Kier molecular flexibility index (Phi) is 4.03. The smallest absolute Gasteiger partial charge is 0.312 e. The van der Waals surface area contributed by atoms with Crippen LogP contribution < -0.4 is 10.2 Å². The summed E-state index contributed by atoms with van der Waals surface area (Å²) in [5.74, 6) is -2.37. The maximum atomic E-state index is 12.9. The Bertz CT molecular complexity index is 1350. The highest BCUT2D eigenvalue weighted by atomic mass is 16.5. The van der Waals surface area contributed by atoms with Gasteiger partial charge in [-0.2, -0.15) is 0 Å². The Morgan fingerprint density at radius 2 is 1.70 bits per heavy atom. The highest BCUT2D eigenvalue weighted by Gasteiger charge is 2.36. The molecule has 7 heteroatoms. The number of benzene rings is 2. The minimum Gasteiger partial charge on any atom is -0.504 e. The predicted octanol–water partition coefficient (Wildman–Crippen LogP) is 3.71. The molecule has 0 unspecified atom stereocenters. The van der Waals surface area contributed by atoms with Gasteiger partial charge in [-0.05, 0) is 17.7 Å². The molecule has 0 bridgehead atoms. The molecule has 2 aromatic heterocycles. The van der Waals surface area contributed by atoms with Crippen molar-refractivity contribution in [1.82, 2.24) is 4.98 Å². The lowest BCUT2D eigenvalue weighted by atomic mass is 9.85. The van der Waals surface area contributed by atoms with Crippen LogP contribution in [0.1, 0.15) is 23.5 Å². The number of rotatable bonds is 2. The van der Waals surface area contributed by atoms with Gasteiger partial charge in [0.25, 0.3) is 0 Å². The van der Waals surface area contributed by atoms with E-state index in [0.717, 1.165) is 5.56 Å². The van der Waals surface area contributed by atoms with Crippen LogP contribution in [0.25, 0.3) is 22.3 Å². The molecule has 1 atom stereocenters. The molecular weight excluding hydrogens is 386 g/mol. The first-order valence-electron chi connectivity index (χ1n) is 9.26. The summed E-state index contributed by atoms with van der Waals surface area (Å²) in [6.07, 6.45) is 3.15. The van der Waals surface area contributed by atoms with Gasteiger partial charge in [0.1, 0.15) is 16.7 Å². The SMILES string of the molecule is O=C1C[C@H](c2ccncc2)c2c(c(O)c(O)c3c(=O)cc(-c4ccccc4)oc23)O1. The first kappa shape index (κ1) is 17.9. The topological polar surface area (TPSA) is 110 Å². The van der Waals surface area contributed by atoms with Crippen LogP contribution in [-0.2, 0) is 4.79 Å². The summed E-state index contributed by atoms with van der Waals surface area (Å²) in [5, 5.41) is 20.8. The molecule has 0 radical (unpaired) electrons. The number of phenolic OH excluding ortho intramolecular Hbond substituents is 2. The second-order valence-electron chi connectivity index (χ2n) is 7.00. The highest BCUT2D eigenvalue weighted by molar-refractivity contribution is 5.96. The van der Waals surface area contributed by atoms with Crippen LogP contribution in [0.2, 0.25) is 0 Å². The van der Waals surface area contributed by atoms with E-state index in [-0.39, 0.29) is 23.1 Å². The van der Waals surface area contributed by atoms with Gasteiger partial charge in [0.05, 0.1) is 12.0 Å². The van der Waals surface area contributed by atoms with Gasteiger partial charge >= 0.3 is 5.97 Å². The fourth-order valence-electron chi connectivity index (χ4n) is 3.83. The molecule has 4 aromatic rings. The predicted molar refractivity (Wildman–Crippen MR) is 108 cm³/mol. The van der Waals surface area contributed by atoms with Gasteiger partial charge < -0.3 is 19.4 Å². The van der Waals surface area contributed by atoms with Gasteiger partial charge in [-0.15, -0.1) is 0 Å². The van der Waals surface area contributed by atoms with Gasteiger partial charge in [0.15, 0.2) is 16.9 Å². The fraction of sp³-hybridized carbons (Fsp3) is 0.0870. The average Bonchev–Trinajstić information content (AvgIpc) is 2.77. The number of aromatic hydroxyl groups is 2. The van der Waals surface area contributed by atoms with Crippen LogP contribution in [0.3, 0.4) is 0 Å². The number of fused-ring (bicyclic) bond motifs is 3. The quantitative estimate of drug-likeness (QED) is 0.299. The molecular formula is C23H15NO6. The molecule has 5 rings (SSSR count). The highest BCUT2D eigenvalue weighted by Crippen LogP contribution is 2.51. The molecule has 2 aromatic carbocycles. The maximum Gasteiger partial charge on any atom is 0.312 e. The van der Waals surface area contributed by atoms with Crippen LogP contribution in [0.5, 0.6) is 17.2 Å². The van der Waals surface area contributed by atoms with Gasteiger partial charge in [-0.25, -0.2) is 0 Å². The lowest BCUT2D eigenvalue weighted by Gasteiger charge is -2.26. The third kappa shape index (κ3) is 2.71. The summed E-state index contributed by atoms with van der Waals surface area (Å²) in [5.41, 5.74) is 1.30. The zero-order chi connectivity index (χ0) is 20.8. The minimum absolute atomic E-state index is 0.0183. The Hall–Kier alpha value is -4.13. The molecule has 7 nitrogen and oxygen atoms in total. The fourth-order valence-corrected chi connectivity index (χ4v) is 3.83. The molecule has 0 fully saturated rings. The zero-order valence-corrected chi connectivity index (χ0v) is 15.5. The number of hydrogen-bond donors (Lipinski definition) is 2. The Balaban J connectivity index is 1.89. The van der Waals surface area contributed by atoms with Gasteiger partial charge in [-0.1, -0.05) is 30.3 Å². The standard InChI is InChI=1S/C23H15NO6/c25-15-11-16(13-4-2-1-3-5-13)29-22-18-14(12-6-8-24-9-7-12)10-17(26)30-23(18)21(28)20(27)19(15)22/h1-9,11,14,27-28H,10H2/t14-/m1/s1. The van der Waals surface area contributed by atoms with Crippen LogP contribution in [0, 0.1) is 0 Å². The number of nitrogens with zero attached hydrogens (tertiary/aromatic N) is 1. The van der Waals surface area contributed by atoms with E-state index in [1.165, 1.54) is 6.07 Å². The van der Waals surface area contributed by atoms with Crippen LogP contribution >= 0.6 is 0 Å².